The molecule has 3 rings (SSSR count). The first-order valence-corrected chi connectivity index (χ1v) is 9.49. The van der Waals surface area contributed by atoms with Crippen LogP contribution in [0.15, 0.2) is 53.4 Å². The number of carbonyl (C=O) groups is 1. The topological polar surface area (TPSA) is 79.4 Å². The zero-order chi connectivity index (χ0) is 18.0. The minimum atomic E-state index is -3.88. The number of amides is 1. The molecule has 130 valence electrons. The number of rotatable bonds is 5. The highest BCUT2D eigenvalue weighted by Crippen LogP contribution is 2.25. The Hall–Kier alpha value is -2.36. The number of anilines is 1. The van der Waals surface area contributed by atoms with Crippen LogP contribution in [0.2, 0.25) is 0 Å². The van der Waals surface area contributed by atoms with Gasteiger partial charge < -0.3 is 5.32 Å². The van der Waals surface area contributed by atoms with Crippen molar-refractivity contribution in [2.45, 2.75) is 4.90 Å². The lowest BCUT2D eigenvalue weighted by Crippen LogP contribution is -2.34. The summed E-state index contributed by atoms with van der Waals surface area (Å²) < 4.78 is 39.5. The molecule has 0 unspecified atom stereocenters. The third-order valence-corrected chi connectivity index (χ3v) is 6.20. The van der Waals surface area contributed by atoms with E-state index in [2.05, 4.69) is 10.3 Å². The highest BCUT2D eigenvalue weighted by molar-refractivity contribution is 7.89. The van der Waals surface area contributed by atoms with E-state index in [9.17, 15) is 17.6 Å². The van der Waals surface area contributed by atoms with Gasteiger partial charge in [0, 0.05) is 7.05 Å². The number of nitrogens with zero attached hydrogens (tertiary/aromatic N) is 2. The van der Waals surface area contributed by atoms with E-state index < -0.39 is 21.7 Å². The molecule has 1 amide bonds. The second-order valence-electron chi connectivity index (χ2n) is 5.25. The number of thiazole rings is 1. The van der Waals surface area contributed by atoms with Crippen molar-refractivity contribution in [3.05, 3.63) is 54.3 Å². The fourth-order valence-electron chi connectivity index (χ4n) is 2.16. The number of sulfonamides is 1. The summed E-state index contributed by atoms with van der Waals surface area (Å²) in [4.78, 5) is 16.3. The summed E-state index contributed by atoms with van der Waals surface area (Å²) in [6.45, 7) is -0.379. The fraction of sp³-hybridized carbons (Fsp3) is 0.125. The summed E-state index contributed by atoms with van der Waals surface area (Å²) in [6, 6.07) is 11.9. The molecule has 1 N–H and O–H groups in total. The maximum absolute atomic E-state index is 12.9. The zero-order valence-electron chi connectivity index (χ0n) is 13.1. The molecule has 0 spiro atoms. The van der Waals surface area contributed by atoms with E-state index in [-0.39, 0.29) is 11.4 Å². The molecule has 0 radical (unpaired) electrons. The summed E-state index contributed by atoms with van der Waals surface area (Å²) in [5, 5.41) is 3.00. The van der Waals surface area contributed by atoms with Crippen LogP contribution in [0.4, 0.5) is 9.52 Å². The number of hydrogen-bond donors (Lipinski definition) is 1. The lowest BCUT2D eigenvalue weighted by Gasteiger charge is -2.16. The molecule has 0 saturated heterocycles. The van der Waals surface area contributed by atoms with Gasteiger partial charge in [-0.25, -0.2) is 17.8 Å². The van der Waals surface area contributed by atoms with Gasteiger partial charge in [-0.3, -0.25) is 4.79 Å². The number of aromatic nitrogens is 1. The van der Waals surface area contributed by atoms with Crippen molar-refractivity contribution < 1.29 is 17.6 Å². The molecular weight excluding hydrogens is 365 g/mol. The Kier molecular flexibility index (Phi) is 4.80. The Morgan fingerprint density at radius 2 is 1.88 bits per heavy atom. The summed E-state index contributed by atoms with van der Waals surface area (Å²) in [6.07, 6.45) is 0. The second kappa shape index (κ2) is 6.87. The van der Waals surface area contributed by atoms with Gasteiger partial charge >= 0.3 is 0 Å². The Balaban J connectivity index is 1.70. The fourth-order valence-corrected chi connectivity index (χ4v) is 4.17. The minimum absolute atomic E-state index is 0.0795. The van der Waals surface area contributed by atoms with Gasteiger partial charge in [-0.05, 0) is 36.4 Å². The van der Waals surface area contributed by atoms with Crippen LogP contribution in [0.25, 0.3) is 10.2 Å². The molecule has 9 heteroatoms. The van der Waals surface area contributed by atoms with Crippen molar-refractivity contribution >= 4 is 42.6 Å². The molecule has 0 aliphatic carbocycles. The summed E-state index contributed by atoms with van der Waals surface area (Å²) in [7, 11) is -2.59. The number of carbonyl (C=O) groups excluding carboxylic acids is 1. The second-order valence-corrected chi connectivity index (χ2v) is 8.33. The number of likely N-dealkylation sites (N-methyl/N-ethyl adjacent to an activating group) is 1. The molecule has 0 bridgehead atoms. The molecule has 3 aromatic rings. The van der Waals surface area contributed by atoms with Gasteiger partial charge in [-0.1, -0.05) is 23.5 Å². The molecule has 25 heavy (non-hydrogen) atoms. The third-order valence-electron chi connectivity index (χ3n) is 3.43. The molecular formula is C16H14FN3O3S2. The summed E-state index contributed by atoms with van der Waals surface area (Å²) >= 11 is 1.31. The van der Waals surface area contributed by atoms with Crippen molar-refractivity contribution in [3.63, 3.8) is 0 Å². The molecule has 0 atom stereocenters. The first kappa shape index (κ1) is 17.5. The monoisotopic (exact) mass is 379 g/mol. The lowest BCUT2D eigenvalue weighted by molar-refractivity contribution is -0.116. The van der Waals surface area contributed by atoms with Crippen molar-refractivity contribution in [1.82, 2.24) is 9.29 Å². The van der Waals surface area contributed by atoms with E-state index in [1.807, 2.05) is 24.3 Å². The number of nitrogens with one attached hydrogen (secondary N) is 1. The predicted octanol–water partition coefficient (Wildman–Crippen LogP) is 2.69. The maximum atomic E-state index is 12.9. The first-order valence-electron chi connectivity index (χ1n) is 7.23. The van der Waals surface area contributed by atoms with Crippen LogP contribution in [-0.2, 0) is 14.8 Å². The van der Waals surface area contributed by atoms with Gasteiger partial charge in [0.05, 0.1) is 21.7 Å². The van der Waals surface area contributed by atoms with E-state index in [0.29, 0.717) is 5.13 Å². The van der Waals surface area contributed by atoms with Crippen LogP contribution in [-0.4, -0.2) is 37.2 Å². The van der Waals surface area contributed by atoms with Crippen LogP contribution >= 0.6 is 11.3 Å². The third kappa shape index (κ3) is 3.84. The highest BCUT2D eigenvalue weighted by atomic mass is 32.2. The van der Waals surface area contributed by atoms with Crippen molar-refractivity contribution in [1.29, 1.82) is 0 Å². The number of benzene rings is 2. The quantitative estimate of drug-likeness (QED) is 0.739. The lowest BCUT2D eigenvalue weighted by atomic mass is 10.3. The molecule has 1 aromatic heterocycles. The molecule has 0 saturated carbocycles. The first-order chi connectivity index (χ1) is 11.9. The van der Waals surface area contributed by atoms with Gasteiger partial charge in [0.2, 0.25) is 15.9 Å². The molecule has 1 heterocycles. The summed E-state index contributed by atoms with van der Waals surface area (Å²) in [5.41, 5.74) is 0.759. The molecule has 0 aliphatic rings. The Labute approximate surface area is 148 Å². The average molecular weight is 379 g/mol. The normalized spacial score (nSPS) is 11.8. The number of hydrogen-bond acceptors (Lipinski definition) is 5. The van der Waals surface area contributed by atoms with Crippen LogP contribution < -0.4 is 5.32 Å². The average Bonchev–Trinajstić information content (AvgIpc) is 2.97. The highest BCUT2D eigenvalue weighted by Gasteiger charge is 2.23. The Morgan fingerprint density at radius 3 is 2.56 bits per heavy atom. The van der Waals surface area contributed by atoms with Crippen molar-refractivity contribution in [2.75, 3.05) is 18.9 Å². The van der Waals surface area contributed by atoms with Crippen LogP contribution in [0.5, 0.6) is 0 Å². The van der Waals surface area contributed by atoms with Gasteiger partial charge in [0.15, 0.2) is 5.13 Å². The van der Waals surface area contributed by atoms with E-state index in [0.717, 1.165) is 38.8 Å². The van der Waals surface area contributed by atoms with Gasteiger partial charge in [-0.15, -0.1) is 0 Å². The van der Waals surface area contributed by atoms with Crippen LogP contribution in [0, 0.1) is 5.82 Å². The SMILES string of the molecule is CN(CC(=O)Nc1nc2ccccc2s1)S(=O)(=O)c1ccc(F)cc1. The van der Waals surface area contributed by atoms with Crippen LogP contribution in [0.3, 0.4) is 0 Å². The standard InChI is InChI=1S/C16H14FN3O3S2/c1-20(25(22,23)12-8-6-11(17)7-9-12)10-15(21)19-16-18-13-4-2-3-5-14(13)24-16/h2-9H,10H2,1H3,(H,18,19,21). The van der Waals surface area contributed by atoms with E-state index in [1.165, 1.54) is 18.4 Å². The van der Waals surface area contributed by atoms with Crippen molar-refractivity contribution in [2.24, 2.45) is 0 Å². The van der Waals surface area contributed by atoms with E-state index in [1.54, 1.807) is 0 Å². The predicted molar refractivity (Wildman–Crippen MR) is 94.5 cm³/mol. The van der Waals surface area contributed by atoms with Crippen LogP contribution in [0.1, 0.15) is 0 Å². The van der Waals surface area contributed by atoms with E-state index in [4.69, 9.17) is 0 Å². The molecule has 2 aromatic carbocycles. The Bertz CT molecular complexity index is 984. The number of para-hydroxylation sites is 1. The maximum Gasteiger partial charge on any atom is 0.243 e. The molecule has 0 aliphatic heterocycles. The smallest absolute Gasteiger partial charge is 0.243 e. The zero-order valence-corrected chi connectivity index (χ0v) is 14.8. The number of halogens is 1. The van der Waals surface area contributed by atoms with Gasteiger partial charge in [0.25, 0.3) is 0 Å². The van der Waals surface area contributed by atoms with Gasteiger partial charge in [-0.2, -0.15) is 4.31 Å². The van der Waals surface area contributed by atoms with E-state index >= 15 is 0 Å². The largest absolute Gasteiger partial charge is 0.301 e. The molecule has 6 nitrogen and oxygen atoms in total. The minimum Gasteiger partial charge on any atom is -0.301 e. The Morgan fingerprint density at radius 1 is 1.20 bits per heavy atom. The van der Waals surface area contributed by atoms with Crippen molar-refractivity contribution in [3.8, 4) is 0 Å². The van der Waals surface area contributed by atoms with Gasteiger partial charge in [0.1, 0.15) is 5.82 Å². The summed E-state index contributed by atoms with van der Waals surface area (Å²) in [5.74, 6) is -1.04. The number of fused-ring (bicyclic) bond motifs is 1. The molecule has 0 fully saturated rings.